The van der Waals surface area contributed by atoms with Crippen LogP contribution in [-0.2, 0) is 5.75 Å². The second-order valence-corrected chi connectivity index (χ2v) is 8.90. The highest BCUT2D eigenvalue weighted by Gasteiger charge is 2.15. The molecule has 0 saturated heterocycles. The summed E-state index contributed by atoms with van der Waals surface area (Å²) in [5, 5.41) is 15.5. The van der Waals surface area contributed by atoms with Crippen molar-refractivity contribution < 1.29 is 9.47 Å². The maximum Gasteiger partial charge on any atom is 0.210 e. The van der Waals surface area contributed by atoms with Gasteiger partial charge < -0.3 is 14.8 Å². The molecule has 0 fully saturated rings. The van der Waals surface area contributed by atoms with Crippen molar-refractivity contribution in [2.75, 3.05) is 19.5 Å². The van der Waals surface area contributed by atoms with Gasteiger partial charge in [-0.05, 0) is 24.3 Å². The summed E-state index contributed by atoms with van der Waals surface area (Å²) >= 11 is 4.74. The number of hydrogen-bond donors (Lipinski definition) is 1. The fraction of sp³-hybridized carbons (Fsp3) is 0.150. The fourth-order valence-electron chi connectivity index (χ4n) is 2.65. The van der Waals surface area contributed by atoms with E-state index in [4.69, 9.17) is 14.5 Å². The van der Waals surface area contributed by atoms with Crippen LogP contribution in [-0.4, -0.2) is 29.4 Å². The van der Waals surface area contributed by atoms with Gasteiger partial charge in [0.2, 0.25) is 5.13 Å². The third-order valence-electron chi connectivity index (χ3n) is 3.96. The number of nitrogens with zero attached hydrogens (tertiary/aromatic N) is 3. The summed E-state index contributed by atoms with van der Waals surface area (Å²) in [4.78, 5) is 4.76. The van der Waals surface area contributed by atoms with Crippen LogP contribution >= 0.6 is 34.4 Å². The van der Waals surface area contributed by atoms with Crippen molar-refractivity contribution in [1.29, 1.82) is 0 Å². The number of benzene rings is 2. The maximum absolute atomic E-state index is 5.52. The van der Waals surface area contributed by atoms with Crippen molar-refractivity contribution in [2.24, 2.45) is 0 Å². The molecule has 2 aromatic carbocycles. The molecule has 0 radical (unpaired) electrons. The normalized spacial score (nSPS) is 10.7. The molecule has 2 heterocycles. The molecule has 148 valence electrons. The lowest BCUT2D eigenvalue weighted by molar-refractivity contribution is 0.356. The van der Waals surface area contributed by atoms with E-state index >= 15 is 0 Å². The quantitative estimate of drug-likeness (QED) is 0.350. The predicted octanol–water partition coefficient (Wildman–Crippen LogP) is 5.71. The highest BCUT2D eigenvalue weighted by molar-refractivity contribution is 8.00. The molecule has 0 saturated carbocycles. The van der Waals surface area contributed by atoms with E-state index in [0.717, 1.165) is 37.2 Å². The molecule has 0 unspecified atom stereocenters. The molecule has 0 amide bonds. The number of thioether (sulfide) groups is 1. The van der Waals surface area contributed by atoms with Crippen molar-refractivity contribution >= 4 is 45.3 Å². The lowest BCUT2D eigenvalue weighted by Crippen LogP contribution is -1.93. The van der Waals surface area contributed by atoms with Crippen LogP contribution in [0.5, 0.6) is 11.5 Å². The Morgan fingerprint density at radius 3 is 2.66 bits per heavy atom. The molecule has 4 rings (SSSR count). The molecule has 0 aliphatic heterocycles. The Balaban J connectivity index is 1.42. The van der Waals surface area contributed by atoms with Crippen molar-refractivity contribution in [2.45, 2.75) is 10.1 Å². The summed E-state index contributed by atoms with van der Waals surface area (Å²) in [5.74, 6) is 2.12. The molecular weight excluding hydrogens is 424 g/mol. The lowest BCUT2D eigenvalue weighted by atomic mass is 10.2. The Kier molecular flexibility index (Phi) is 6.28. The summed E-state index contributed by atoms with van der Waals surface area (Å²) in [7, 11) is 3.27. The summed E-state index contributed by atoms with van der Waals surface area (Å²) in [6.45, 7) is 0. The SMILES string of the molecule is COc1cccc(-c2nc(CSc3nnc(Nc4ccccc4)s3)cs2)c1OC. The number of anilines is 2. The highest BCUT2D eigenvalue weighted by atomic mass is 32.2. The fourth-order valence-corrected chi connectivity index (χ4v) is 5.26. The standard InChI is InChI=1S/C20H18N4O2S3/c1-25-16-10-6-9-15(17(16)26-2)18-21-14(11-27-18)12-28-20-24-23-19(29-20)22-13-7-4-3-5-8-13/h3-11H,12H2,1-2H3,(H,22,23). The average Bonchev–Trinajstić information content (AvgIpc) is 3.41. The molecule has 0 spiro atoms. The number of thiazole rings is 1. The predicted molar refractivity (Wildman–Crippen MR) is 120 cm³/mol. The number of para-hydroxylation sites is 2. The lowest BCUT2D eigenvalue weighted by Gasteiger charge is -2.10. The number of nitrogens with one attached hydrogen (secondary N) is 1. The van der Waals surface area contributed by atoms with Crippen LogP contribution < -0.4 is 14.8 Å². The van der Waals surface area contributed by atoms with E-state index in [2.05, 4.69) is 20.9 Å². The summed E-state index contributed by atoms with van der Waals surface area (Å²) in [6.07, 6.45) is 0. The van der Waals surface area contributed by atoms with E-state index in [1.54, 1.807) is 37.3 Å². The van der Waals surface area contributed by atoms with Crippen LogP contribution in [0.25, 0.3) is 10.6 Å². The second kappa shape index (κ2) is 9.25. The maximum atomic E-state index is 5.52. The first kappa shape index (κ1) is 19.7. The zero-order valence-electron chi connectivity index (χ0n) is 15.8. The van der Waals surface area contributed by atoms with E-state index < -0.39 is 0 Å². The molecule has 0 aliphatic carbocycles. The third-order valence-corrected chi connectivity index (χ3v) is 6.89. The van der Waals surface area contributed by atoms with Crippen molar-refractivity contribution in [3.63, 3.8) is 0 Å². The van der Waals surface area contributed by atoms with Crippen molar-refractivity contribution in [1.82, 2.24) is 15.2 Å². The summed E-state index contributed by atoms with van der Waals surface area (Å²) in [5.41, 5.74) is 2.92. The van der Waals surface area contributed by atoms with Gasteiger partial charge in [0, 0.05) is 16.8 Å². The van der Waals surface area contributed by atoms with Gasteiger partial charge in [-0.2, -0.15) is 0 Å². The molecule has 0 bridgehead atoms. The molecule has 6 nitrogen and oxygen atoms in total. The Morgan fingerprint density at radius 1 is 1.00 bits per heavy atom. The number of methoxy groups -OCH3 is 2. The molecular formula is C20H18N4O2S3. The van der Waals surface area contributed by atoms with Crippen molar-refractivity contribution in [3.05, 3.63) is 59.6 Å². The van der Waals surface area contributed by atoms with E-state index in [-0.39, 0.29) is 0 Å². The molecule has 9 heteroatoms. The van der Waals surface area contributed by atoms with Gasteiger partial charge >= 0.3 is 0 Å². The molecule has 0 aliphatic rings. The van der Waals surface area contributed by atoms with Crippen molar-refractivity contribution in [3.8, 4) is 22.1 Å². The van der Waals surface area contributed by atoms with Crippen LogP contribution in [0.1, 0.15) is 5.69 Å². The average molecular weight is 443 g/mol. The first-order valence-electron chi connectivity index (χ1n) is 8.71. The highest BCUT2D eigenvalue weighted by Crippen LogP contribution is 2.39. The number of aromatic nitrogens is 3. The van der Waals surface area contributed by atoms with E-state index in [9.17, 15) is 0 Å². The Labute approximate surface area is 181 Å². The summed E-state index contributed by atoms with van der Waals surface area (Å²) in [6, 6.07) is 15.7. The minimum Gasteiger partial charge on any atom is -0.493 e. The zero-order valence-corrected chi connectivity index (χ0v) is 18.2. The Bertz CT molecular complexity index is 1080. The van der Waals surface area contributed by atoms with Gasteiger partial charge in [0.25, 0.3) is 0 Å². The van der Waals surface area contributed by atoms with Crippen LogP contribution in [0.15, 0.2) is 58.3 Å². The van der Waals surface area contributed by atoms with E-state index in [1.165, 1.54) is 11.3 Å². The Hall–Kier alpha value is -2.62. The number of rotatable bonds is 8. The van der Waals surface area contributed by atoms with Crippen LogP contribution in [0.4, 0.5) is 10.8 Å². The molecule has 29 heavy (non-hydrogen) atoms. The monoisotopic (exact) mass is 442 g/mol. The van der Waals surface area contributed by atoms with Crippen LogP contribution in [0.3, 0.4) is 0 Å². The first-order valence-corrected chi connectivity index (χ1v) is 11.4. The number of hydrogen-bond acceptors (Lipinski definition) is 9. The first-order chi connectivity index (χ1) is 14.3. The third kappa shape index (κ3) is 4.69. The molecule has 2 aromatic heterocycles. The zero-order chi connectivity index (χ0) is 20.1. The van der Waals surface area contributed by atoms with Gasteiger partial charge in [0.15, 0.2) is 15.8 Å². The Morgan fingerprint density at radius 2 is 1.86 bits per heavy atom. The van der Waals surface area contributed by atoms with Gasteiger partial charge in [0.05, 0.1) is 25.5 Å². The molecule has 0 atom stereocenters. The number of ether oxygens (including phenoxy) is 2. The molecule has 4 aromatic rings. The largest absolute Gasteiger partial charge is 0.493 e. The van der Waals surface area contributed by atoms with Gasteiger partial charge in [-0.3, -0.25) is 0 Å². The van der Waals surface area contributed by atoms with Crippen LogP contribution in [0, 0.1) is 0 Å². The topological polar surface area (TPSA) is 69.2 Å². The van der Waals surface area contributed by atoms with Gasteiger partial charge in [-0.1, -0.05) is 47.4 Å². The van der Waals surface area contributed by atoms with E-state index in [0.29, 0.717) is 11.5 Å². The minimum absolute atomic E-state index is 0.698. The second-order valence-electron chi connectivity index (χ2n) is 5.84. The smallest absolute Gasteiger partial charge is 0.210 e. The van der Waals surface area contributed by atoms with Crippen LogP contribution in [0.2, 0.25) is 0 Å². The minimum atomic E-state index is 0.698. The molecule has 1 N–H and O–H groups in total. The van der Waals surface area contributed by atoms with Gasteiger partial charge in [-0.25, -0.2) is 4.98 Å². The summed E-state index contributed by atoms with van der Waals surface area (Å²) < 4.78 is 11.8. The van der Waals surface area contributed by atoms with Gasteiger partial charge in [0.1, 0.15) is 5.01 Å². The van der Waals surface area contributed by atoms with E-state index in [1.807, 2.05) is 48.5 Å². The van der Waals surface area contributed by atoms with Gasteiger partial charge in [-0.15, -0.1) is 21.5 Å².